The Morgan fingerprint density at radius 3 is 2.75 bits per heavy atom. The van der Waals surface area contributed by atoms with Crippen LogP contribution in [0.5, 0.6) is 0 Å². The minimum atomic E-state index is -0.942. The molecule has 2 N–H and O–H groups in total. The average molecular weight is 352 g/mol. The van der Waals surface area contributed by atoms with Crippen LogP contribution in [0.4, 0.5) is 10.1 Å². The Bertz CT molecular complexity index is 642. The summed E-state index contributed by atoms with van der Waals surface area (Å²) in [6.07, 6.45) is 1.46. The molecule has 2 heterocycles. The van der Waals surface area contributed by atoms with E-state index in [1.54, 1.807) is 0 Å². The number of alkyl halides is 1. The first-order valence-electron chi connectivity index (χ1n) is 8.73. The van der Waals surface area contributed by atoms with Gasteiger partial charge in [-0.25, -0.2) is 4.39 Å². The number of nitrogens with zero attached hydrogens (tertiary/aromatic N) is 2. The second-order valence-electron chi connectivity index (χ2n) is 7.37. The number of carbonyl (C=O) groups is 1. The number of anilines is 1. The Balaban J connectivity index is 1.53. The molecule has 3 aliphatic rings. The van der Waals surface area contributed by atoms with Gasteiger partial charge in [0.15, 0.2) is 0 Å². The van der Waals surface area contributed by atoms with Crippen molar-refractivity contribution in [2.45, 2.75) is 37.5 Å². The lowest BCUT2D eigenvalue weighted by atomic mass is 9.96. The summed E-state index contributed by atoms with van der Waals surface area (Å²) >= 11 is 6.35. The summed E-state index contributed by atoms with van der Waals surface area (Å²) in [6.45, 7) is 2.24. The molecule has 2 aliphatic heterocycles. The summed E-state index contributed by atoms with van der Waals surface area (Å²) in [5.41, 5.74) is 6.59. The molecule has 4 rings (SSSR count). The zero-order chi connectivity index (χ0) is 16.8. The van der Waals surface area contributed by atoms with Gasteiger partial charge in [0.05, 0.1) is 16.8 Å². The number of carbonyl (C=O) groups excluding carboxylic acids is 1. The normalized spacial score (nSPS) is 36.2. The molecular weight excluding hydrogens is 329 g/mol. The van der Waals surface area contributed by atoms with E-state index in [-0.39, 0.29) is 18.4 Å². The molecule has 0 bridgehead atoms. The number of fused-ring (bicyclic) bond motifs is 1. The van der Waals surface area contributed by atoms with Crippen LogP contribution in [0, 0.1) is 11.8 Å². The van der Waals surface area contributed by atoms with Crippen LogP contribution >= 0.6 is 11.6 Å². The van der Waals surface area contributed by atoms with Crippen LogP contribution in [0.25, 0.3) is 0 Å². The molecular formula is C18H23ClFN3O. The molecule has 3 fully saturated rings. The van der Waals surface area contributed by atoms with Crippen LogP contribution in [-0.2, 0) is 4.79 Å². The number of para-hydroxylation sites is 1. The first-order chi connectivity index (χ1) is 11.5. The van der Waals surface area contributed by atoms with Crippen molar-refractivity contribution in [3.63, 3.8) is 0 Å². The van der Waals surface area contributed by atoms with Crippen LogP contribution in [-0.4, -0.2) is 48.7 Å². The van der Waals surface area contributed by atoms with Gasteiger partial charge in [0, 0.05) is 32.1 Å². The number of halogens is 2. The van der Waals surface area contributed by atoms with Gasteiger partial charge in [-0.1, -0.05) is 23.7 Å². The second-order valence-corrected chi connectivity index (χ2v) is 7.78. The number of hydrogen-bond acceptors (Lipinski definition) is 3. The predicted octanol–water partition coefficient (Wildman–Crippen LogP) is 2.45. The lowest BCUT2D eigenvalue weighted by Crippen LogP contribution is -2.48. The van der Waals surface area contributed by atoms with Gasteiger partial charge in [-0.2, -0.15) is 0 Å². The Morgan fingerprint density at radius 1 is 1.21 bits per heavy atom. The Kier molecular flexibility index (Phi) is 4.17. The molecule has 0 aromatic heterocycles. The fraction of sp³-hybridized carbons (Fsp3) is 0.611. The highest BCUT2D eigenvalue weighted by molar-refractivity contribution is 6.33. The minimum Gasteiger partial charge on any atom is -0.370 e. The molecule has 0 radical (unpaired) electrons. The summed E-state index contributed by atoms with van der Waals surface area (Å²) in [5.74, 6) is 0.645. The summed E-state index contributed by atoms with van der Waals surface area (Å²) in [7, 11) is 0. The van der Waals surface area contributed by atoms with E-state index in [4.69, 9.17) is 17.3 Å². The maximum absolute atomic E-state index is 13.9. The Morgan fingerprint density at radius 2 is 2.00 bits per heavy atom. The standard InChI is InChI=1S/C18H23ClFN3O/c19-14-3-1-2-4-16(14)22-8-11-5-6-15(13(11)10-22)23-9-12(20)7-17(23)18(21)24/h1-4,11-13,15,17H,5-10H2,(H2,21,24)/t11-,12-,13+,15+,17+/m1/s1. The predicted molar refractivity (Wildman–Crippen MR) is 92.9 cm³/mol. The molecule has 0 unspecified atom stereocenters. The van der Waals surface area contributed by atoms with Crippen LogP contribution in [0.1, 0.15) is 19.3 Å². The molecule has 24 heavy (non-hydrogen) atoms. The lowest BCUT2D eigenvalue weighted by Gasteiger charge is -2.33. The monoisotopic (exact) mass is 351 g/mol. The number of amides is 1. The van der Waals surface area contributed by atoms with Crippen molar-refractivity contribution in [2.75, 3.05) is 24.5 Å². The van der Waals surface area contributed by atoms with Crippen LogP contribution in [0.2, 0.25) is 5.02 Å². The fourth-order valence-corrected chi connectivity index (χ4v) is 5.26. The zero-order valence-corrected chi connectivity index (χ0v) is 14.3. The van der Waals surface area contributed by atoms with Gasteiger partial charge in [0.1, 0.15) is 6.17 Å². The van der Waals surface area contributed by atoms with Gasteiger partial charge in [-0.3, -0.25) is 9.69 Å². The molecule has 1 aliphatic carbocycles. The SMILES string of the molecule is NC(=O)[C@@H]1C[C@@H](F)CN1[C@H]1CC[C@@H]2CN(c3ccccc3Cl)C[C@@H]21. The highest BCUT2D eigenvalue weighted by atomic mass is 35.5. The fourth-order valence-electron chi connectivity index (χ4n) is 5.01. The van der Waals surface area contributed by atoms with Crippen LogP contribution in [0.3, 0.4) is 0 Å². The number of hydrogen-bond donors (Lipinski definition) is 1. The summed E-state index contributed by atoms with van der Waals surface area (Å²) in [5, 5.41) is 0.772. The van der Waals surface area contributed by atoms with Gasteiger partial charge >= 0.3 is 0 Å². The molecule has 1 amide bonds. The molecule has 130 valence electrons. The Hall–Kier alpha value is -1.33. The van der Waals surface area contributed by atoms with Crippen molar-refractivity contribution in [1.29, 1.82) is 0 Å². The number of likely N-dealkylation sites (tertiary alicyclic amines) is 1. The smallest absolute Gasteiger partial charge is 0.234 e. The Labute approximate surface area is 146 Å². The third-order valence-electron chi connectivity index (χ3n) is 6.05. The van der Waals surface area contributed by atoms with Crippen molar-refractivity contribution >= 4 is 23.2 Å². The number of benzene rings is 1. The average Bonchev–Trinajstić information content (AvgIpc) is 3.21. The molecule has 1 aromatic carbocycles. The van der Waals surface area contributed by atoms with E-state index >= 15 is 0 Å². The summed E-state index contributed by atoms with van der Waals surface area (Å²) in [6, 6.07) is 7.72. The van der Waals surface area contributed by atoms with E-state index < -0.39 is 12.2 Å². The molecule has 4 nitrogen and oxygen atoms in total. The van der Waals surface area contributed by atoms with E-state index in [1.165, 1.54) is 0 Å². The lowest BCUT2D eigenvalue weighted by molar-refractivity contribution is -0.123. The number of nitrogens with two attached hydrogens (primary N) is 1. The van der Waals surface area contributed by atoms with Gasteiger partial charge in [-0.15, -0.1) is 0 Å². The molecule has 1 aromatic rings. The molecule has 0 spiro atoms. The van der Waals surface area contributed by atoms with Crippen molar-refractivity contribution in [3.8, 4) is 0 Å². The van der Waals surface area contributed by atoms with Gasteiger partial charge < -0.3 is 10.6 Å². The van der Waals surface area contributed by atoms with Gasteiger partial charge in [0.25, 0.3) is 0 Å². The van der Waals surface area contributed by atoms with Crippen molar-refractivity contribution in [3.05, 3.63) is 29.3 Å². The highest BCUT2D eigenvalue weighted by Gasteiger charge is 2.49. The van der Waals surface area contributed by atoms with E-state index in [0.717, 1.165) is 36.6 Å². The largest absolute Gasteiger partial charge is 0.370 e. The number of rotatable bonds is 3. The van der Waals surface area contributed by atoms with E-state index in [9.17, 15) is 9.18 Å². The van der Waals surface area contributed by atoms with Crippen molar-refractivity contribution < 1.29 is 9.18 Å². The maximum Gasteiger partial charge on any atom is 0.234 e. The topological polar surface area (TPSA) is 49.6 Å². The van der Waals surface area contributed by atoms with Crippen LogP contribution < -0.4 is 10.6 Å². The quantitative estimate of drug-likeness (QED) is 0.910. The number of primary amides is 1. The van der Waals surface area contributed by atoms with Crippen molar-refractivity contribution in [1.82, 2.24) is 4.90 Å². The van der Waals surface area contributed by atoms with Gasteiger partial charge in [0.2, 0.25) is 5.91 Å². The third kappa shape index (κ3) is 2.68. The van der Waals surface area contributed by atoms with E-state index in [1.807, 2.05) is 23.1 Å². The summed E-state index contributed by atoms with van der Waals surface area (Å²) in [4.78, 5) is 16.1. The minimum absolute atomic E-state index is 0.247. The van der Waals surface area contributed by atoms with Crippen molar-refractivity contribution in [2.24, 2.45) is 17.6 Å². The zero-order valence-electron chi connectivity index (χ0n) is 13.6. The third-order valence-corrected chi connectivity index (χ3v) is 6.37. The first kappa shape index (κ1) is 16.2. The van der Waals surface area contributed by atoms with Gasteiger partial charge in [-0.05, 0) is 36.8 Å². The first-order valence-corrected chi connectivity index (χ1v) is 9.11. The second kappa shape index (κ2) is 6.19. The van der Waals surface area contributed by atoms with Crippen LogP contribution in [0.15, 0.2) is 24.3 Å². The molecule has 2 saturated heterocycles. The highest BCUT2D eigenvalue weighted by Crippen LogP contribution is 2.45. The summed E-state index contributed by atoms with van der Waals surface area (Å²) < 4.78 is 13.9. The van der Waals surface area contributed by atoms with E-state index in [2.05, 4.69) is 11.0 Å². The molecule has 5 atom stereocenters. The maximum atomic E-state index is 13.9. The molecule has 1 saturated carbocycles. The molecule has 6 heteroatoms. The van der Waals surface area contributed by atoms with E-state index in [0.29, 0.717) is 18.4 Å².